The predicted octanol–water partition coefficient (Wildman–Crippen LogP) is 2.44. The molecule has 156 valence electrons. The normalized spacial score (nSPS) is 17.1. The van der Waals surface area contributed by atoms with Crippen LogP contribution < -0.4 is 0 Å². The summed E-state index contributed by atoms with van der Waals surface area (Å²) >= 11 is 0. The van der Waals surface area contributed by atoms with Gasteiger partial charge in [0.05, 0.1) is 4.90 Å². The zero-order valence-corrected chi connectivity index (χ0v) is 18.3. The zero-order chi connectivity index (χ0) is 21.2. The van der Waals surface area contributed by atoms with Gasteiger partial charge in [0, 0.05) is 40.3 Å². The highest BCUT2D eigenvalue weighted by atomic mass is 32.2. The van der Waals surface area contributed by atoms with Crippen LogP contribution in [0.25, 0.3) is 0 Å². The lowest BCUT2D eigenvalue weighted by Crippen LogP contribution is -2.52. The van der Waals surface area contributed by atoms with Crippen LogP contribution in [0.2, 0.25) is 0 Å². The molecule has 1 aliphatic rings. The van der Waals surface area contributed by atoms with Crippen LogP contribution in [0.5, 0.6) is 0 Å². The number of piperazine rings is 1. The molecule has 1 heterocycles. The summed E-state index contributed by atoms with van der Waals surface area (Å²) < 4.78 is 27.8. The first-order chi connectivity index (χ1) is 13.7. The average molecular weight is 416 g/mol. The molecule has 29 heavy (non-hydrogen) atoms. The molecule has 1 saturated heterocycles. The molecule has 1 amide bonds. The van der Waals surface area contributed by atoms with Gasteiger partial charge in [0.15, 0.2) is 0 Å². The lowest BCUT2D eigenvalue weighted by molar-refractivity contribution is -0.135. The van der Waals surface area contributed by atoms with E-state index in [2.05, 4.69) is 4.90 Å². The highest BCUT2D eigenvalue weighted by molar-refractivity contribution is 7.89. The molecule has 2 aromatic rings. The number of aryl methyl sites for hydroxylation is 2. The lowest BCUT2D eigenvalue weighted by atomic mass is 10.0. The molecule has 0 radical (unpaired) electrons. The highest BCUT2D eigenvalue weighted by Crippen LogP contribution is 2.27. The van der Waals surface area contributed by atoms with Crippen LogP contribution in [0, 0.1) is 13.8 Å². The number of benzene rings is 2. The van der Waals surface area contributed by atoms with Crippen molar-refractivity contribution in [3.05, 3.63) is 65.2 Å². The number of amides is 1. The molecule has 0 saturated carbocycles. The Balaban J connectivity index is 1.80. The van der Waals surface area contributed by atoms with Crippen LogP contribution in [0.1, 0.15) is 22.7 Å². The number of hydrogen-bond donors (Lipinski definition) is 0. The van der Waals surface area contributed by atoms with E-state index in [1.165, 1.54) is 4.31 Å². The molecular formula is C22H29N3O3S. The molecular weight excluding hydrogens is 386 g/mol. The molecule has 0 N–H and O–H groups in total. The van der Waals surface area contributed by atoms with Crippen molar-refractivity contribution in [2.75, 3.05) is 40.3 Å². The monoisotopic (exact) mass is 415 g/mol. The van der Waals surface area contributed by atoms with Gasteiger partial charge in [0.2, 0.25) is 15.9 Å². The van der Waals surface area contributed by atoms with Crippen molar-refractivity contribution < 1.29 is 13.2 Å². The standard InChI is InChI=1S/C22H29N3O3S/c1-17-10-11-20(18(2)16-17)29(27,28)25-14-12-24(13-15-25)21(22(26)23(3)4)19-8-6-5-7-9-19/h5-11,16,21H,12-15H2,1-4H3. The summed E-state index contributed by atoms with van der Waals surface area (Å²) in [6, 6.07) is 14.7. The summed E-state index contributed by atoms with van der Waals surface area (Å²) in [6.45, 7) is 5.51. The maximum Gasteiger partial charge on any atom is 0.244 e. The Hall–Kier alpha value is -2.22. The number of likely N-dealkylation sites (N-methyl/N-ethyl adjacent to an activating group) is 1. The van der Waals surface area contributed by atoms with Gasteiger partial charge in [-0.15, -0.1) is 0 Å². The number of carbonyl (C=O) groups is 1. The van der Waals surface area contributed by atoms with Crippen molar-refractivity contribution in [1.82, 2.24) is 14.1 Å². The van der Waals surface area contributed by atoms with Crippen molar-refractivity contribution in [3.8, 4) is 0 Å². The zero-order valence-electron chi connectivity index (χ0n) is 17.5. The maximum atomic E-state index is 13.1. The molecule has 0 aromatic heterocycles. The van der Waals surface area contributed by atoms with Crippen LogP contribution in [-0.4, -0.2) is 68.7 Å². The minimum atomic E-state index is -3.55. The molecule has 2 aromatic carbocycles. The quantitative estimate of drug-likeness (QED) is 0.753. The van der Waals surface area contributed by atoms with Crippen LogP contribution >= 0.6 is 0 Å². The third-order valence-electron chi connectivity index (χ3n) is 5.38. The SMILES string of the molecule is Cc1ccc(S(=O)(=O)N2CCN(C(C(=O)N(C)C)c3ccccc3)CC2)c(C)c1. The van der Waals surface area contributed by atoms with Crippen molar-refractivity contribution in [1.29, 1.82) is 0 Å². The maximum absolute atomic E-state index is 13.1. The van der Waals surface area contributed by atoms with Gasteiger partial charge in [-0.05, 0) is 31.0 Å². The number of rotatable bonds is 5. The molecule has 0 aliphatic carbocycles. The van der Waals surface area contributed by atoms with Crippen molar-refractivity contribution >= 4 is 15.9 Å². The molecule has 0 spiro atoms. The van der Waals surface area contributed by atoms with E-state index in [1.807, 2.05) is 56.3 Å². The lowest BCUT2D eigenvalue weighted by Gasteiger charge is -2.39. The van der Waals surface area contributed by atoms with E-state index >= 15 is 0 Å². The van der Waals surface area contributed by atoms with E-state index in [0.29, 0.717) is 31.1 Å². The fourth-order valence-corrected chi connectivity index (χ4v) is 5.45. The predicted molar refractivity (Wildman–Crippen MR) is 114 cm³/mol. The molecule has 7 heteroatoms. The first-order valence-electron chi connectivity index (χ1n) is 9.79. The average Bonchev–Trinajstić information content (AvgIpc) is 2.69. The van der Waals surface area contributed by atoms with E-state index in [0.717, 1.165) is 16.7 Å². The van der Waals surface area contributed by atoms with E-state index in [1.54, 1.807) is 25.1 Å². The number of carbonyl (C=O) groups excluding carboxylic acids is 1. The van der Waals surface area contributed by atoms with Gasteiger partial charge in [0.1, 0.15) is 6.04 Å². The number of nitrogens with zero attached hydrogens (tertiary/aromatic N) is 3. The summed E-state index contributed by atoms with van der Waals surface area (Å²) in [5.41, 5.74) is 2.73. The fraction of sp³-hybridized carbons (Fsp3) is 0.409. The van der Waals surface area contributed by atoms with Gasteiger partial charge in [-0.3, -0.25) is 9.69 Å². The molecule has 6 nitrogen and oxygen atoms in total. The largest absolute Gasteiger partial charge is 0.347 e. The minimum absolute atomic E-state index is 0.00175. The van der Waals surface area contributed by atoms with Gasteiger partial charge in [-0.25, -0.2) is 8.42 Å². The number of hydrogen-bond acceptors (Lipinski definition) is 4. The van der Waals surface area contributed by atoms with Crippen molar-refractivity contribution in [2.45, 2.75) is 24.8 Å². The number of sulfonamides is 1. The molecule has 0 bridgehead atoms. The Kier molecular flexibility index (Phi) is 6.41. The highest BCUT2D eigenvalue weighted by Gasteiger charge is 2.35. The van der Waals surface area contributed by atoms with E-state index < -0.39 is 16.1 Å². The van der Waals surface area contributed by atoms with E-state index in [4.69, 9.17) is 0 Å². The van der Waals surface area contributed by atoms with Crippen LogP contribution in [-0.2, 0) is 14.8 Å². The summed E-state index contributed by atoms with van der Waals surface area (Å²) in [4.78, 5) is 16.9. The topological polar surface area (TPSA) is 60.9 Å². The second kappa shape index (κ2) is 8.65. The molecule has 1 aliphatic heterocycles. The van der Waals surface area contributed by atoms with Gasteiger partial charge >= 0.3 is 0 Å². The minimum Gasteiger partial charge on any atom is -0.347 e. The van der Waals surface area contributed by atoms with Gasteiger partial charge in [-0.2, -0.15) is 4.31 Å². The first kappa shape index (κ1) is 21.5. The second-order valence-electron chi connectivity index (χ2n) is 7.75. The van der Waals surface area contributed by atoms with E-state index in [9.17, 15) is 13.2 Å². The fourth-order valence-electron chi connectivity index (χ4n) is 3.82. The molecule has 1 atom stereocenters. The molecule has 3 rings (SSSR count). The second-order valence-corrected chi connectivity index (χ2v) is 9.66. The Morgan fingerprint density at radius 2 is 1.59 bits per heavy atom. The Morgan fingerprint density at radius 1 is 0.966 bits per heavy atom. The van der Waals surface area contributed by atoms with Crippen LogP contribution in [0.3, 0.4) is 0 Å². The van der Waals surface area contributed by atoms with E-state index in [-0.39, 0.29) is 5.91 Å². The summed E-state index contributed by atoms with van der Waals surface area (Å²) in [5.74, 6) is 0.00175. The van der Waals surface area contributed by atoms with Crippen LogP contribution in [0.15, 0.2) is 53.4 Å². The van der Waals surface area contributed by atoms with Crippen LogP contribution in [0.4, 0.5) is 0 Å². The Morgan fingerprint density at radius 3 is 2.14 bits per heavy atom. The summed E-state index contributed by atoms with van der Waals surface area (Å²) in [7, 11) is -0.0502. The third-order valence-corrected chi connectivity index (χ3v) is 7.44. The van der Waals surface area contributed by atoms with Crippen molar-refractivity contribution in [2.24, 2.45) is 0 Å². The van der Waals surface area contributed by atoms with Crippen molar-refractivity contribution in [3.63, 3.8) is 0 Å². The third kappa shape index (κ3) is 4.52. The smallest absolute Gasteiger partial charge is 0.244 e. The molecule has 1 fully saturated rings. The Labute approximate surface area is 173 Å². The Bertz CT molecular complexity index is 966. The summed E-state index contributed by atoms with van der Waals surface area (Å²) in [6.07, 6.45) is 0. The summed E-state index contributed by atoms with van der Waals surface area (Å²) in [5, 5.41) is 0. The van der Waals surface area contributed by atoms with Gasteiger partial charge < -0.3 is 4.90 Å². The van der Waals surface area contributed by atoms with Gasteiger partial charge in [-0.1, -0.05) is 48.0 Å². The first-order valence-corrected chi connectivity index (χ1v) is 11.2. The molecule has 1 unspecified atom stereocenters. The van der Waals surface area contributed by atoms with Gasteiger partial charge in [0.25, 0.3) is 0 Å².